The zero-order chi connectivity index (χ0) is 20.6. The van der Waals surface area contributed by atoms with Gasteiger partial charge < -0.3 is 4.74 Å². The molecule has 0 radical (unpaired) electrons. The molecule has 1 N–H and O–H groups in total. The van der Waals surface area contributed by atoms with Gasteiger partial charge in [0.15, 0.2) is 0 Å². The van der Waals surface area contributed by atoms with Crippen molar-refractivity contribution in [3.8, 4) is 5.75 Å². The number of hydrogen-bond acceptors (Lipinski definition) is 5. The second kappa shape index (κ2) is 9.48. The number of amides is 1. The van der Waals surface area contributed by atoms with E-state index in [1.807, 2.05) is 30.3 Å². The smallest absolute Gasteiger partial charge is 0.271 e. The molecular weight excluding hydrogens is 394 g/mol. The number of para-hydroxylation sites is 1. The molecule has 3 aromatic rings. The van der Waals surface area contributed by atoms with Crippen LogP contribution in [-0.2, 0) is 6.61 Å². The van der Waals surface area contributed by atoms with E-state index in [2.05, 4.69) is 10.5 Å². The van der Waals surface area contributed by atoms with Crippen molar-refractivity contribution >= 4 is 29.4 Å². The molecule has 8 heteroatoms. The lowest BCUT2D eigenvalue weighted by atomic mass is 10.1. The van der Waals surface area contributed by atoms with Gasteiger partial charge in [0.05, 0.1) is 11.1 Å². The van der Waals surface area contributed by atoms with Gasteiger partial charge in [-0.05, 0) is 35.9 Å². The summed E-state index contributed by atoms with van der Waals surface area (Å²) in [6.07, 6.45) is 1.26. The van der Waals surface area contributed by atoms with E-state index in [-0.39, 0.29) is 10.7 Å². The largest absolute Gasteiger partial charge is 0.489 e. The predicted molar refractivity (Wildman–Crippen MR) is 110 cm³/mol. The van der Waals surface area contributed by atoms with Crippen molar-refractivity contribution in [2.45, 2.75) is 6.61 Å². The van der Waals surface area contributed by atoms with Crippen LogP contribution in [0.1, 0.15) is 21.5 Å². The molecule has 0 atom stereocenters. The Morgan fingerprint density at radius 3 is 2.52 bits per heavy atom. The Hall–Kier alpha value is -3.71. The van der Waals surface area contributed by atoms with Crippen molar-refractivity contribution < 1.29 is 14.5 Å². The van der Waals surface area contributed by atoms with Gasteiger partial charge in [-0.2, -0.15) is 5.10 Å². The van der Waals surface area contributed by atoms with E-state index in [0.717, 1.165) is 11.3 Å². The summed E-state index contributed by atoms with van der Waals surface area (Å²) in [5, 5.41) is 14.9. The Kier molecular flexibility index (Phi) is 6.55. The third-order valence-corrected chi connectivity index (χ3v) is 4.27. The highest BCUT2D eigenvalue weighted by Crippen LogP contribution is 2.20. The number of hydrazone groups is 1. The van der Waals surface area contributed by atoms with Crippen LogP contribution in [0, 0.1) is 10.1 Å². The number of nitrogens with one attached hydrogen (secondary N) is 1. The van der Waals surface area contributed by atoms with Gasteiger partial charge in [0.2, 0.25) is 0 Å². The Labute approximate surface area is 171 Å². The molecule has 146 valence electrons. The Bertz CT molecular complexity index is 1040. The van der Waals surface area contributed by atoms with E-state index >= 15 is 0 Å². The van der Waals surface area contributed by atoms with Gasteiger partial charge in [-0.15, -0.1) is 0 Å². The van der Waals surface area contributed by atoms with Gasteiger partial charge in [-0.1, -0.05) is 41.9 Å². The fourth-order valence-electron chi connectivity index (χ4n) is 2.40. The minimum absolute atomic E-state index is 0.115. The summed E-state index contributed by atoms with van der Waals surface area (Å²) < 4.78 is 5.66. The Balaban J connectivity index is 1.57. The van der Waals surface area contributed by atoms with Crippen molar-refractivity contribution in [1.82, 2.24) is 5.43 Å². The fourth-order valence-corrected chi connectivity index (χ4v) is 2.57. The first kappa shape index (κ1) is 20.0. The molecule has 1 amide bonds. The van der Waals surface area contributed by atoms with Gasteiger partial charge in [0, 0.05) is 28.3 Å². The summed E-state index contributed by atoms with van der Waals surface area (Å²) in [7, 11) is 0. The van der Waals surface area contributed by atoms with Gasteiger partial charge in [0.1, 0.15) is 12.4 Å². The molecular formula is C21H16ClN3O4. The molecule has 29 heavy (non-hydrogen) atoms. The first-order valence-corrected chi connectivity index (χ1v) is 8.95. The van der Waals surface area contributed by atoms with Crippen LogP contribution >= 0.6 is 11.6 Å². The molecule has 0 aromatic heterocycles. The number of nitrogens with zero attached hydrogens (tertiary/aromatic N) is 2. The van der Waals surface area contributed by atoms with Crippen LogP contribution in [0.15, 0.2) is 77.9 Å². The minimum atomic E-state index is -0.532. The molecule has 0 aliphatic carbocycles. The van der Waals surface area contributed by atoms with Gasteiger partial charge in [-0.25, -0.2) is 5.43 Å². The average Bonchev–Trinajstić information content (AvgIpc) is 2.74. The summed E-state index contributed by atoms with van der Waals surface area (Å²) in [5.41, 5.74) is 3.91. The van der Waals surface area contributed by atoms with Crippen LogP contribution in [0.3, 0.4) is 0 Å². The molecule has 0 bridgehead atoms. The Morgan fingerprint density at radius 1 is 1.10 bits per heavy atom. The molecule has 0 unspecified atom stereocenters. The molecule has 0 saturated carbocycles. The lowest BCUT2D eigenvalue weighted by molar-refractivity contribution is -0.384. The van der Waals surface area contributed by atoms with E-state index < -0.39 is 10.8 Å². The number of nitro benzene ring substituents is 1. The predicted octanol–water partition coefficient (Wildman–Crippen LogP) is 4.59. The van der Waals surface area contributed by atoms with Crippen LogP contribution in [-0.4, -0.2) is 17.0 Å². The molecule has 0 aliphatic heterocycles. The van der Waals surface area contributed by atoms with Crippen LogP contribution in [0.4, 0.5) is 5.69 Å². The first-order chi connectivity index (χ1) is 14.0. The topological polar surface area (TPSA) is 93.8 Å². The molecule has 0 heterocycles. The third kappa shape index (κ3) is 5.63. The summed E-state index contributed by atoms with van der Waals surface area (Å²) in [6, 6.07) is 20.3. The van der Waals surface area contributed by atoms with Gasteiger partial charge in [0.25, 0.3) is 11.6 Å². The fraction of sp³-hybridized carbons (Fsp3) is 0.0476. The van der Waals surface area contributed by atoms with Gasteiger partial charge in [-0.3, -0.25) is 14.9 Å². The van der Waals surface area contributed by atoms with Crippen LogP contribution in [0.5, 0.6) is 5.75 Å². The van der Waals surface area contributed by atoms with Crippen LogP contribution in [0.25, 0.3) is 0 Å². The molecule has 0 aliphatic rings. The average molecular weight is 410 g/mol. The molecule has 0 spiro atoms. The number of halogens is 1. The number of non-ortho nitro benzene ring substituents is 1. The molecule has 7 nitrogen and oxygen atoms in total. The van der Waals surface area contributed by atoms with Crippen molar-refractivity contribution in [3.63, 3.8) is 0 Å². The zero-order valence-electron chi connectivity index (χ0n) is 15.1. The molecule has 0 fully saturated rings. The maximum Gasteiger partial charge on any atom is 0.271 e. The van der Waals surface area contributed by atoms with Crippen molar-refractivity contribution in [1.29, 1.82) is 0 Å². The summed E-state index contributed by atoms with van der Waals surface area (Å²) in [6.45, 7) is 0.384. The van der Waals surface area contributed by atoms with Crippen molar-refractivity contribution in [3.05, 3.63) is 105 Å². The summed E-state index contributed by atoms with van der Waals surface area (Å²) in [4.78, 5) is 22.5. The highest BCUT2D eigenvalue weighted by molar-refractivity contribution is 6.33. The number of benzene rings is 3. The lowest BCUT2D eigenvalue weighted by Gasteiger charge is -2.06. The number of ether oxygens (including phenoxy) is 1. The lowest BCUT2D eigenvalue weighted by Crippen LogP contribution is -2.17. The van der Waals surface area contributed by atoms with Gasteiger partial charge >= 0.3 is 0 Å². The van der Waals surface area contributed by atoms with E-state index in [1.165, 1.54) is 24.4 Å². The highest BCUT2D eigenvalue weighted by atomic mass is 35.5. The molecule has 3 rings (SSSR count). The van der Waals surface area contributed by atoms with Crippen molar-refractivity contribution in [2.75, 3.05) is 0 Å². The Morgan fingerprint density at radius 2 is 1.83 bits per heavy atom. The quantitative estimate of drug-likeness (QED) is 0.351. The van der Waals surface area contributed by atoms with E-state index in [4.69, 9.17) is 16.3 Å². The van der Waals surface area contributed by atoms with Crippen LogP contribution in [0.2, 0.25) is 5.02 Å². The number of carbonyl (C=O) groups excluding carboxylic acids is 1. The molecule has 3 aromatic carbocycles. The first-order valence-electron chi connectivity index (χ1n) is 8.57. The van der Waals surface area contributed by atoms with E-state index in [1.54, 1.807) is 24.3 Å². The van der Waals surface area contributed by atoms with E-state index in [9.17, 15) is 14.9 Å². The molecule has 0 saturated heterocycles. The third-order valence-electron chi connectivity index (χ3n) is 3.92. The van der Waals surface area contributed by atoms with E-state index in [0.29, 0.717) is 17.7 Å². The second-order valence-corrected chi connectivity index (χ2v) is 6.37. The minimum Gasteiger partial charge on any atom is -0.489 e. The zero-order valence-corrected chi connectivity index (χ0v) is 15.9. The second-order valence-electron chi connectivity index (χ2n) is 5.96. The maximum atomic E-state index is 12.2. The number of nitro groups is 1. The highest BCUT2D eigenvalue weighted by Gasteiger charge is 2.09. The van der Waals surface area contributed by atoms with Crippen LogP contribution < -0.4 is 10.2 Å². The number of hydrogen-bond donors (Lipinski definition) is 1. The number of carbonyl (C=O) groups is 1. The standard InChI is InChI=1S/C21H16ClN3O4/c22-20-11-10-18(25(27)28)12-17(20)13-23-24-21(26)16-8-6-15(7-9-16)14-29-19-4-2-1-3-5-19/h1-13H,14H2,(H,24,26)/b23-13-. The summed E-state index contributed by atoms with van der Waals surface area (Å²) in [5.74, 6) is 0.349. The normalized spacial score (nSPS) is 10.7. The van der Waals surface area contributed by atoms with Crippen molar-refractivity contribution in [2.24, 2.45) is 5.10 Å². The summed E-state index contributed by atoms with van der Waals surface area (Å²) >= 11 is 5.99. The maximum absolute atomic E-state index is 12.2. The SMILES string of the molecule is O=C(N/N=C\c1cc([N+](=O)[O-])ccc1Cl)c1ccc(COc2ccccc2)cc1. The number of rotatable bonds is 7. The monoisotopic (exact) mass is 409 g/mol.